The Morgan fingerprint density at radius 3 is 2.48 bits per heavy atom. The number of carbonyl (C=O) groups is 3. The Morgan fingerprint density at radius 1 is 1.09 bits per heavy atom. The lowest BCUT2D eigenvalue weighted by Gasteiger charge is -2.19. The molecule has 1 aromatic carbocycles. The normalized spacial score (nSPS) is 12.2. The minimum absolute atomic E-state index is 0.0259. The van der Waals surface area contributed by atoms with Crippen molar-refractivity contribution in [3.05, 3.63) is 53.9 Å². The second-order valence-electron chi connectivity index (χ2n) is 7.03. The lowest BCUT2D eigenvalue weighted by Crippen LogP contribution is -2.41. The molecule has 0 spiro atoms. The third-order valence-corrected chi connectivity index (χ3v) is 4.25. The summed E-state index contributed by atoms with van der Waals surface area (Å²) in [4.78, 5) is 40.1. The SMILES string of the molecule is COc1ccnc(C(=O)N[C@@H](C)C(=O)O[C@@H](C)COCc2ccccc2)c1OCOC(C)=O. The van der Waals surface area contributed by atoms with Crippen molar-refractivity contribution in [2.24, 2.45) is 0 Å². The molecule has 0 saturated heterocycles. The van der Waals surface area contributed by atoms with Crippen LogP contribution in [0.4, 0.5) is 0 Å². The van der Waals surface area contributed by atoms with Crippen LogP contribution >= 0.6 is 0 Å². The number of rotatable bonds is 12. The van der Waals surface area contributed by atoms with Crippen LogP contribution in [0.3, 0.4) is 0 Å². The van der Waals surface area contributed by atoms with Gasteiger partial charge < -0.3 is 29.0 Å². The summed E-state index contributed by atoms with van der Waals surface area (Å²) in [5.41, 5.74) is 0.870. The largest absolute Gasteiger partial charge is 0.493 e. The van der Waals surface area contributed by atoms with Crippen LogP contribution in [-0.4, -0.2) is 55.5 Å². The second-order valence-corrected chi connectivity index (χ2v) is 7.03. The van der Waals surface area contributed by atoms with Crippen LogP contribution in [0, 0.1) is 0 Å². The first-order valence-electron chi connectivity index (χ1n) is 10.2. The lowest BCUT2D eigenvalue weighted by molar-refractivity contribution is -0.153. The molecule has 1 N–H and O–H groups in total. The predicted octanol–water partition coefficient (Wildman–Crippen LogP) is 2.26. The molecule has 0 unspecified atom stereocenters. The maximum atomic E-state index is 12.7. The number of esters is 2. The molecule has 10 heteroatoms. The smallest absolute Gasteiger partial charge is 0.328 e. The zero-order valence-corrected chi connectivity index (χ0v) is 19.0. The summed E-state index contributed by atoms with van der Waals surface area (Å²) < 4.78 is 26.2. The highest BCUT2D eigenvalue weighted by Gasteiger charge is 2.25. The molecule has 2 atom stereocenters. The zero-order valence-electron chi connectivity index (χ0n) is 19.0. The fraction of sp³-hybridized carbons (Fsp3) is 0.391. The van der Waals surface area contributed by atoms with E-state index >= 15 is 0 Å². The molecule has 178 valence electrons. The topological polar surface area (TPSA) is 122 Å². The van der Waals surface area contributed by atoms with Crippen molar-refractivity contribution in [3.63, 3.8) is 0 Å². The van der Waals surface area contributed by atoms with Crippen molar-refractivity contribution in [3.8, 4) is 11.5 Å². The van der Waals surface area contributed by atoms with E-state index in [0.717, 1.165) is 5.56 Å². The van der Waals surface area contributed by atoms with Crippen LogP contribution in [0.2, 0.25) is 0 Å². The first-order valence-corrected chi connectivity index (χ1v) is 10.2. The number of nitrogens with one attached hydrogen (secondary N) is 1. The quantitative estimate of drug-likeness (QED) is 0.375. The molecular weight excluding hydrogens is 432 g/mol. The van der Waals surface area contributed by atoms with E-state index in [0.29, 0.717) is 6.61 Å². The van der Waals surface area contributed by atoms with Crippen molar-refractivity contribution in [1.29, 1.82) is 0 Å². The molecular formula is C23H28N2O8. The van der Waals surface area contributed by atoms with E-state index in [9.17, 15) is 14.4 Å². The third kappa shape index (κ3) is 8.41. The number of amides is 1. The Kier molecular flexibility index (Phi) is 10.1. The molecule has 2 aromatic rings. The van der Waals surface area contributed by atoms with E-state index in [4.69, 9.17) is 23.7 Å². The van der Waals surface area contributed by atoms with Gasteiger partial charge in [-0.3, -0.25) is 9.59 Å². The van der Waals surface area contributed by atoms with Gasteiger partial charge in [-0.15, -0.1) is 0 Å². The fourth-order valence-electron chi connectivity index (χ4n) is 2.64. The Labute approximate surface area is 192 Å². The highest BCUT2D eigenvalue weighted by atomic mass is 16.7. The van der Waals surface area contributed by atoms with Crippen LogP contribution in [0.25, 0.3) is 0 Å². The maximum absolute atomic E-state index is 12.7. The highest BCUT2D eigenvalue weighted by Crippen LogP contribution is 2.29. The average molecular weight is 460 g/mol. The summed E-state index contributed by atoms with van der Waals surface area (Å²) in [5, 5.41) is 2.51. The number of benzene rings is 1. The van der Waals surface area contributed by atoms with Crippen LogP contribution in [0.5, 0.6) is 11.5 Å². The van der Waals surface area contributed by atoms with E-state index in [1.165, 1.54) is 33.2 Å². The van der Waals surface area contributed by atoms with Crippen molar-refractivity contribution < 1.29 is 38.1 Å². The van der Waals surface area contributed by atoms with Gasteiger partial charge in [0.1, 0.15) is 12.1 Å². The Hall–Kier alpha value is -3.66. The predicted molar refractivity (Wildman–Crippen MR) is 117 cm³/mol. The molecule has 0 aliphatic heterocycles. The number of methoxy groups -OCH3 is 1. The standard InChI is InChI=1S/C23H28N2O8/c1-15(12-30-13-18-8-6-5-7-9-18)33-23(28)16(2)25-22(27)20-21(32-14-31-17(3)26)19(29-4)10-11-24-20/h5-11,15-16H,12-14H2,1-4H3,(H,25,27)/t15-,16-/m0/s1. The molecule has 0 radical (unpaired) electrons. The Bertz CT molecular complexity index is 935. The number of pyridine rings is 1. The number of aromatic nitrogens is 1. The van der Waals surface area contributed by atoms with Crippen LogP contribution in [0.1, 0.15) is 36.8 Å². The van der Waals surface area contributed by atoms with Gasteiger partial charge in [-0.05, 0) is 19.4 Å². The summed E-state index contributed by atoms with van der Waals surface area (Å²) in [5.74, 6) is -1.69. The minimum Gasteiger partial charge on any atom is -0.493 e. The summed E-state index contributed by atoms with van der Waals surface area (Å²) in [6, 6.07) is 10.1. The zero-order chi connectivity index (χ0) is 24.2. The molecule has 1 heterocycles. The number of nitrogens with zero attached hydrogens (tertiary/aromatic N) is 1. The molecule has 0 saturated carbocycles. The monoisotopic (exact) mass is 460 g/mol. The van der Waals surface area contributed by atoms with Crippen molar-refractivity contribution in [1.82, 2.24) is 10.3 Å². The van der Waals surface area contributed by atoms with Gasteiger partial charge in [-0.1, -0.05) is 30.3 Å². The van der Waals surface area contributed by atoms with E-state index in [2.05, 4.69) is 10.3 Å². The highest BCUT2D eigenvalue weighted by molar-refractivity contribution is 5.98. The summed E-state index contributed by atoms with van der Waals surface area (Å²) in [6.07, 6.45) is 0.833. The molecule has 0 aliphatic rings. The van der Waals surface area contributed by atoms with Crippen molar-refractivity contribution >= 4 is 17.8 Å². The van der Waals surface area contributed by atoms with Crippen molar-refractivity contribution in [2.75, 3.05) is 20.5 Å². The van der Waals surface area contributed by atoms with Crippen LogP contribution in [-0.2, 0) is 30.4 Å². The number of hydrogen-bond donors (Lipinski definition) is 1. The molecule has 0 fully saturated rings. The number of carbonyl (C=O) groups excluding carboxylic acids is 3. The van der Waals surface area contributed by atoms with Gasteiger partial charge >= 0.3 is 11.9 Å². The molecule has 1 aromatic heterocycles. The molecule has 10 nitrogen and oxygen atoms in total. The van der Waals surface area contributed by atoms with E-state index < -0.39 is 36.8 Å². The molecule has 1 amide bonds. The molecule has 33 heavy (non-hydrogen) atoms. The minimum atomic E-state index is -0.969. The summed E-state index contributed by atoms with van der Waals surface area (Å²) in [6.45, 7) is 4.56. The van der Waals surface area contributed by atoms with Crippen LogP contribution in [0.15, 0.2) is 42.6 Å². The van der Waals surface area contributed by atoms with E-state index in [-0.39, 0.29) is 23.8 Å². The van der Waals surface area contributed by atoms with Gasteiger partial charge in [0.05, 0.1) is 20.3 Å². The van der Waals surface area contributed by atoms with Gasteiger partial charge in [0.25, 0.3) is 5.91 Å². The maximum Gasteiger partial charge on any atom is 0.328 e. The van der Waals surface area contributed by atoms with Crippen molar-refractivity contribution in [2.45, 2.75) is 39.5 Å². The first kappa shape index (κ1) is 25.6. The number of hydrogen-bond acceptors (Lipinski definition) is 9. The van der Waals surface area contributed by atoms with Gasteiger partial charge in [0.2, 0.25) is 6.79 Å². The third-order valence-electron chi connectivity index (χ3n) is 4.25. The van der Waals surface area contributed by atoms with E-state index in [1.807, 2.05) is 30.3 Å². The Balaban J connectivity index is 1.90. The summed E-state index contributed by atoms with van der Waals surface area (Å²) in [7, 11) is 1.39. The molecule has 0 bridgehead atoms. The molecule has 0 aliphatic carbocycles. The average Bonchev–Trinajstić information content (AvgIpc) is 2.79. The van der Waals surface area contributed by atoms with Gasteiger partial charge in [-0.2, -0.15) is 0 Å². The summed E-state index contributed by atoms with van der Waals surface area (Å²) >= 11 is 0. The fourth-order valence-corrected chi connectivity index (χ4v) is 2.64. The Morgan fingerprint density at radius 2 is 1.82 bits per heavy atom. The van der Waals surface area contributed by atoms with Gasteiger partial charge in [0, 0.05) is 19.2 Å². The van der Waals surface area contributed by atoms with Gasteiger partial charge in [-0.25, -0.2) is 9.78 Å². The number of ether oxygens (including phenoxy) is 5. The van der Waals surface area contributed by atoms with Gasteiger partial charge in [0.15, 0.2) is 17.2 Å². The molecule has 2 rings (SSSR count). The van der Waals surface area contributed by atoms with E-state index in [1.54, 1.807) is 6.92 Å². The first-order chi connectivity index (χ1) is 15.8. The van der Waals surface area contributed by atoms with Crippen LogP contribution < -0.4 is 14.8 Å². The second kappa shape index (κ2) is 13.0. The lowest BCUT2D eigenvalue weighted by atomic mass is 10.2.